The molecule has 11 heteroatoms. The van der Waals surface area contributed by atoms with Crippen LogP contribution in [-0.2, 0) is 17.8 Å². The molecule has 4 rings (SSSR count). The van der Waals surface area contributed by atoms with Gasteiger partial charge in [0.2, 0.25) is 5.91 Å². The summed E-state index contributed by atoms with van der Waals surface area (Å²) >= 11 is 1.25. The zero-order valence-corrected chi connectivity index (χ0v) is 25.4. The molecule has 0 aliphatic carbocycles. The average Bonchev–Trinajstić information content (AvgIpc) is 3.02. The quantitative estimate of drug-likeness (QED) is 0.165. The molecule has 42 heavy (non-hydrogen) atoms. The Morgan fingerprint density at radius 1 is 0.881 bits per heavy atom. The highest BCUT2D eigenvalue weighted by Gasteiger charge is 2.23. The van der Waals surface area contributed by atoms with Crippen molar-refractivity contribution in [1.29, 1.82) is 0 Å². The minimum Gasteiger partial charge on any atom is -0.497 e. The number of rotatable bonds is 13. The van der Waals surface area contributed by atoms with Crippen LogP contribution in [0.3, 0.4) is 0 Å². The topological polar surface area (TPSA) is 110 Å². The molecule has 1 aromatic heterocycles. The highest BCUT2D eigenvalue weighted by atomic mass is 32.2. The number of nitrogens with zero attached hydrogens (tertiary/aromatic N) is 2. The standard InChI is InChI=1S/C31H35N3O7S/c1-7-28(29(35)32-20-9-8-10-21(16-20)37-2)42-31-33-23-18-27(41-6)26(40-5)17-22(23)30(36)34(31)14-13-19-11-12-24(38-3)25(15-19)39-4/h8-12,15-18,28H,7,13-14H2,1-6H3,(H,32,35). The van der Waals surface area contributed by atoms with Crippen molar-refractivity contribution in [3.63, 3.8) is 0 Å². The first-order chi connectivity index (χ1) is 20.3. The van der Waals surface area contributed by atoms with Crippen LogP contribution in [0.15, 0.2) is 64.5 Å². The number of anilines is 1. The molecule has 0 saturated heterocycles. The van der Waals surface area contributed by atoms with Gasteiger partial charge in [0.25, 0.3) is 5.56 Å². The number of nitrogens with one attached hydrogen (secondary N) is 1. The summed E-state index contributed by atoms with van der Waals surface area (Å²) in [7, 11) is 7.78. The van der Waals surface area contributed by atoms with Crippen molar-refractivity contribution in [2.24, 2.45) is 0 Å². The van der Waals surface area contributed by atoms with Crippen molar-refractivity contribution in [3.05, 3.63) is 70.5 Å². The molecule has 1 amide bonds. The fourth-order valence-electron chi connectivity index (χ4n) is 4.46. The molecule has 0 aliphatic rings. The smallest absolute Gasteiger partial charge is 0.262 e. The van der Waals surface area contributed by atoms with E-state index in [2.05, 4.69) is 5.32 Å². The average molecular weight is 594 g/mol. The molecular weight excluding hydrogens is 558 g/mol. The van der Waals surface area contributed by atoms with Gasteiger partial charge in [-0.2, -0.15) is 0 Å². The summed E-state index contributed by atoms with van der Waals surface area (Å²) in [5, 5.41) is 3.25. The third-order valence-corrected chi connectivity index (χ3v) is 8.10. The van der Waals surface area contributed by atoms with Crippen LogP contribution in [0, 0.1) is 0 Å². The lowest BCUT2D eigenvalue weighted by molar-refractivity contribution is -0.115. The van der Waals surface area contributed by atoms with E-state index >= 15 is 0 Å². The molecule has 0 aliphatic heterocycles. The largest absolute Gasteiger partial charge is 0.497 e. The summed E-state index contributed by atoms with van der Waals surface area (Å²) in [6.07, 6.45) is 1.02. The van der Waals surface area contributed by atoms with Crippen molar-refractivity contribution >= 4 is 34.3 Å². The molecule has 1 heterocycles. The lowest BCUT2D eigenvalue weighted by Crippen LogP contribution is -2.28. The summed E-state index contributed by atoms with van der Waals surface area (Å²) in [5.41, 5.74) is 1.77. The van der Waals surface area contributed by atoms with Crippen molar-refractivity contribution < 1.29 is 28.5 Å². The summed E-state index contributed by atoms with van der Waals surface area (Å²) in [5.74, 6) is 2.54. The number of aryl methyl sites for hydroxylation is 1. The minimum atomic E-state index is -0.520. The second-order valence-corrected chi connectivity index (χ2v) is 10.4. The SMILES string of the molecule is CCC(Sc1nc2cc(OC)c(OC)cc2c(=O)n1CCc1ccc(OC)c(OC)c1)C(=O)Nc1cccc(OC)c1. The normalized spacial score (nSPS) is 11.6. The third kappa shape index (κ3) is 6.73. The maximum Gasteiger partial charge on any atom is 0.262 e. The highest BCUT2D eigenvalue weighted by Crippen LogP contribution is 2.33. The fraction of sp³-hybridized carbons (Fsp3) is 0.323. The molecule has 0 spiro atoms. The number of fused-ring (bicyclic) bond motifs is 1. The molecule has 4 aromatic rings. The molecule has 1 atom stereocenters. The second-order valence-electron chi connectivity index (χ2n) is 9.25. The molecule has 0 fully saturated rings. The Morgan fingerprint density at radius 3 is 2.24 bits per heavy atom. The predicted octanol–water partition coefficient (Wildman–Crippen LogP) is 5.19. The Morgan fingerprint density at radius 2 is 1.57 bits per heavy atom. The van der Waals surface area contributed by atoms with Crippen LogP contribution in [0.2, 0.25) is 0 Å². The number of aromatic nitrogens is 2. The van der Waals surface area contributed by atoms with Crippen molar-refractivity contribution in [2.75, 3.05) is 40.9 Å². The van der Waals surface area contributed by atoms with Crippen molar-refractivity contribution in [1.82, 2.24) is 9.55 Å². The van der Waals surface area contributed by atoms with Crippen LogP contribution in [-0.4, -0.2) is 56.3 Å². The Labute approximate surface area is 248 Å². The van der Waals surface area contributed by atoms with Gasteiger partial charge in [0.1, 0.15) is 5.75 Å². The zero-order chi connectivity index (χ0) is 30.2. The maximum absolute atomic E-state index is 13.9. The molecule has 1 N–H and O–H groups in total. The second kappa shape index (κ2) is 14.0. The minimum absolute atomic E-state index is 0.205. The number of carbonyl (C=O) groups excluding carboxylic acids is 1. The Hall–Kier alpha value is -4.38. The maximum atomic E-state index is 13.9. The Bertz CT molecular complexity index is 1620. The van der Waals surface area contributed by atoms with Gasteiger partial charge in [-0.3, -0.25) is 14.2 Å². The number of hydrogen-bond donors (Lipinski definition) is 1. The molecule has 10 nitrogen and oxygen atoms in total. The van der Waals surface area contributed by atoms with E-state index in [0.29, 0.717) is 69.9 Å². The summed E-state index contributed by atoms with van der Waals surface area (Å²) in [6, 6.07) is 16.1. The number of thioether (sulfide) groups is 1. The molecule has 3 aromatic carbocycles. The summed E-state index contributed by atoms with van der Waals surface area (Å²) in [6.45, 7) is 2.24. The van der Waals surface area contributed by atoms with Crippen LogP contribution >= 0.6 is 11.8 Å². The first-order valence-electron chi connectivity index (χ1n) is 13.3. The van der Waals surface area contributed by atoms with Crippen LogP contribution in [0.5, 0.6) is 28.7 Å². The van der Waals surface area contributed by atoms with Gasteiger partial charge >= 0.3 is 0 Å². The molecular formula is C31H35N3O7S. The van der Waals surface area contributed by atoms with Crippen molar-refractivity contribution in [2.45, 2.75) is 36.7 Å². The van der Waals surface area contributed by atoms with Crippen LogP contribution in [0.25, 0.3) is 10.9 Å². The van der Waals surface area contributed by atoms with Gasteiger partial charge in [0, 0.05) is 24.4 Å². The van der Waals surface area contributed by atoms with Gasteiger partial charge in [0.05, 0.1) is 51.7 Å². The lowest BCUT2D eigenvalue weighted by Gasteiger charge is -2.19. The number of carbonyl (C=O) groups is 1. The first kappa shape index (κ1) is 30.6. The van der Waals surface area contributed by atoms with Gasteiger partial charge in [-0.25, -0.2) is 4.98 Å². The van der Waals surface area contributed by atoms with E-state index in [-0.39, 0.29) is 11.5 Å². The van der Waals surface area contributed by atoms with Gasteiger partial charge < -0.3 is 29.0 Å². The molecule has 0 radical (unpaired) electrons. The van der Waals surface area contributed by atoms with E-state index < -0.39 is 5.25 Å². The van der Waals surface area contributed by atoms with Crippen LogP contribution in [0.4, 0.5) is 5.69 Å². The highest BCUT2D eigenvalue weighted by molar-refractivity contribution is 8.00. The monoisotopic (exact) mass is 593 g/mol. The van der Waals surface area contributed by atoms with Crippen LogP contribution in [0.1, 0.15) is 18.9 Å². The van der Waals surface area contributed by atoms with E-state index in [1.165, 1.54) is 26.0 Å². The van der Waals surface area contributed by atoms with E-state index in [9.17, 15) is 9.59 Å². The molecule has 0 bridgehead atoms. The van der Waals surface area contributed by atoms with Gasteiger partial charge in [-0.05, 0) is 48.7 Å². The molecule has 222 valence electrons. The summed E-state index contributed by atoms with van der Waals surface area (Å²) < 4.78 is 28.6. The Balaban J connectivity index is 1.72. The van der Waals surface area contributed by atoms with Gasteiger partial charge in [0.15, 0.2) is 28.2 Å². The van der Waals surface area contributed by atoms with E-state index in [4.69, 9.17) is 28.7 Å². The predicted molar refractivity (Wildman–Crippen MR) is 164 cm³/mol. The number of methoxy groups -OCH3 is 5. The number of benzene rings is 3. The van der Waals surface area contributed by atoms with E-state index in [1.807, 2.05) is 25.1 Å². The molecule has 0 saturated carbocycles. The zero-order valence-electron chi connectivity index (χ0n) is 24.6. The van der Waals surface area contributed by atoms with E-state index in [0.717, 1.165) is 5.56 Å². The molecule has 1 unspecified atom stereocenters. The third-order valence-electron chi connectivity index (χ3n) is 6.74. The number of ether oxygens (including phenoxy) is 5. The van der Waals surface area contributed by atoms with Crippen molar-refractivity contribution in [3.8, 4) is 28.7 Å². The van der Waals surface area contributed by atoms with E-state index in [1.54, 1.807) is 62.3 Å². The van der Waals surface area contributed by atoms with Gasteiger partial charge in [-0.1, -0.05) is 30.8 Å². The summed E-state index contributed by atoms with van der Waals surface area (Å²) in [4.78, 5) is 32.1. The number of amides is 1. The fourth-order valence-corrected chi connectivity index (χ4v) is 5.50. The van der Waals surface area contributed by atoms with Gasteiger partial charge in [-0.15, -0.1) is 0 Å². The lowest BCUT2D eigenvalue weighted by atomic mass is 10.1. The Kier molecular flexibility index (Phi) is 10.2. The number of hydrogen-bond acceptors (Lipinski definition) is 9. The first-order valence-corrected chi connectivity index (χ1v) is 14.2. The van der Waals surface area contributed by atoms with Crippen LogP contribution < -0.4 is 34.6 Å².